The Hall–Kier alpha value is -4.28. The lowest BCUT2D eigenvalue weighted by atomic mass is 9.98. The second-order valence-electron chi connectivity index (χ2n) is 10.7. The number of hydrogen-bond acceptors (Lipinski definition) is 8. The zero-order valence-corrected chi connectivity index (χ0v) is 25.5. The number of hydrogen-bond donors (Lipinski definition) is 1. The molecule has 0 radical (unpaired) electrons. The number of benzene rings is 3. The van der Waals surface area contributed by atoms with Crippen molar-refractivity contribution >= 4 is 12.0 Å². The standard InChI is InChI=1S/C34H40N2O8/c1-35-32(37)15-10-18-41-23-19-30(39-2)28(31(20-23)40-3)21-36(44-33-16-8-9-17-42-33)34(38)43-22-29-26-13-6-4-11-24(26)25-12-5-7-14-27(25)29/h4-7,11-14,19-20,29,33H,8-10,15-18,21-22H2,1-3H3,(H,35,37). The van der Waals surface area contributed by atoms with Crippen LogP contribution in [0.5, 0.6) is 17.2 Å². The molecule has 10 heteroatoms. The van der Waals surface area contributed by atoms with E-state index < -0.39 is 12.4 Å². The number of ether oxygens (including phenoxy) is 5. The number of nitrogens with one attached hydrogen (secondary N) is 1. The fourth-order valence-electron chi connectivity index (χ4n) is 5.64. The molecule has 1 aliphatic heterocycles. The summed E-state index contributed by atoms with van der Waals surface area (Å²) in [5.41, 5.74) is 5.13. The first kappa shape index (κ1) is 31.2. The van der Waals surface area contributed by atoms with E-state index in [1.807, 2.05) is 24.3 Å². The van der Waals surface area contributed by atoms with Gasteiger partial charge >= 0.3 is 6.09 Å². The predicted molar refractivity (Wildman–Crippen MR) is 164 cm³/mol. The second kappa shape index (κ2) is 14.9. The van der Waals surface area contributed by atoms with E-state index >= 15 is 0 Å². The van der Waals surface area contributed by atoms with Crippen molar-refractivity contribution in [3.8, 4) is 28.4 Å². The van der Waals surface area contributed by atoms with E-state index in [0.29, 0.717) is 55.3 Å². The molecule has 3 aromatic carbocycles. The minimum absolute atomic E-state index is 0.0141. The van der Waals surface area contributed by atoms with Gasteiger partial charge in [0.25, 0.3) is 0 Å². The third kappa shape index (κ3) is 7.26. The molecule has 0 spiro atoms. The molecule has 0 aromatic heterocycles. The third-order valence-corrected chi connectivity index (χ3v) is 7.90. The molecule has 2 amide bonds. The average Bonchev–Trinajstić information content (AvgIpc) is 3.39. The highest BCUT2D eigenvalue weighted by molar-refractivity contribution is 5.79. The molecule has 0 bridgehead atoms. The lowest BCUT2D eigenvalue weighted by Crippen LogP contribution is -2.38. The van der Waals surface area contributed by atoms with Crippen molar-refractivity contribution in [3.63, 3.8) is 0 Å². The highest BCUT2D eigenvalue weighted by atomic mass is 16.8. The highest BCUT2D eigenvalue weighted by Crippen LogP contribution is 2.44. The van der Waals surface area contributed by atoms with Crippen molar-refractivity contribution in [2.24, 2.45) is 0 Å². The number of hydroxylamine groups is 2. The van der Waals surface area contributed by atoms with Gasteiger partial charge in [-0.15, -0.1) is 0 Å². The van der Waals surface area contributed by atoms with Crippen LogP contribution >= 0.6 is 0 Å². The van der Waals surface area contributed by atoms with E-state index in [1.165, 1.54) is 19.3 Å². The Balaban J connectivity index is 1.34. The number of amides is 2. The monoisotopic (exact) mass is 604 g/mol. The van der Waals surface area contributed by atoms with E-state index in [1.54, 1.807) is 19.2 Å². The van der Waals surface area contributed by atoms with Gasteiger partial charge in [0.15, 0.2) is 6.29 Å². The van der Waals surface area contributed by atoms with Crippen LogP contribution in [0.4, 0.5) is 4.79 Å². The topological polar surface area (TPSA) is 105 Å². The molecule has 0 saturated carbocycles. The smallest absolute Gasteiger partial charge is 0.434 e. The highest BCUT2D eigenvalue weighted by Gasteiger charge is 2.32. The first-order valence-electron chi connectivity index (χ1n) is 15.0. The summed E-state index contributed by atoms with van der Waals surface area (Å²) in [5.74, 6) is 1.28. The van der Waals surface area contributed by atoms with Crippen LogP contribution in [0.2, 0.25) is 0 Å². The lowest BCUT2D eigenvalue weighted by Gasteiger charge is -2.30. The van der Waals surface area contributed by atoms with Gasteiger partial charge in [-0.25, -0.2) is 9.63 Å². The lowest BCUT2D eigenvalue weighted by molar-refractivity contribution is -0.276. The molecule has 3 aromatic rings. The summed E-state index contributed by atoms with van der Waals surface area (Å²) in [5, 5.41) is 3.79. The van der Waals surface area contributed by atoms with Crippen molar-refractivity contribution in [1.82, 2.24) is 10.4 Å². The zero-order chi connectivity index (χ0) is 30.9. The Morgan fingerprint density at radius 3 is 2.20 bits per heavy atom. The molecule has 5 rings (SSSR count). The van der Waals surface area contributed by atoms with Crippen LogP contribution in [0.15, 0.2) is 60.7 Å². The Morgan fingerprint density at radius 2 is 1.61 bits per heavy atom. The fraction of sp³-hybridized carbons (Fsp3) is 0.412. The van der Waals surface area contributed by atoms with E-state index in [2.05, 4.69) is 29.6 Å². The molecule has 1 aliphatic carbocycles. The molecule has 2 aliphatic rings. The zero-order valence-electron chi connectivity index (χ0n) is 25.5. The van der Waals surface area contributed by atoms with Gasteiger partial charge in [-0.05, 0) is 41.5 Å². The Kier molecular flexibility index (Phi) is 10.6. The van der Waals surface area contributed by atoms with Gasteiger partial charge in [0, 0.05) is 44.5 Å². The van der Waals surface area contributed by atoms with Crippen molar-refractivity contribution < 1.29 is 38.1 Å². The van der Waals surface area contributed by atoms with Crippen LogP contribution in [-0.4, -0.2) is 64.4 Å². The number of carbonyl (C=O) groups is 2. The number of nitrogens with zero attached hydrogens (tertiary/aromatic N) is 1. The minimum atomic E-state index is -0.639. The van der Waals surface area contributed by atoms with Crippen LogP contribution in [0, 0.1) is 0 Å². The molecule has 1 atom stereocenters. The molecule has 234 valence electrons. The molecule has 1 heterocycles. The largest absolute Gasteiger partial charge is 0.496 e. The van der Waals surface area contributed by atoms with E-state index in [-0.39, 0.29) is 25.0 Å². The van der Waals surface area contributed by atoms with Crippen molar-refractivity contribution in [2.45, 2.75) is 50.9 Å². The number of rotatable bonds is 13. The molecule has 44 heavy (non-hydrogen) atoms. The summed E-state index contributed by atoms with van der Waals surface area (Å²) in [7, 11) is 4.68. The Bertz CT molecular complexity index is 1370. The summed E-state index contributed by atoms with van der Waals surface area (Å²) in [6.07, 6.45) is 2.22. The number of carbonyl (C=O) groups excluding carboxylic acids is 2. The first-order chi connectivity index (χ1) is 21.5. The quantitative estimate of drug-likeness (QED) is 0.192. The van der Waals surface area contributed by atoms with Gasteiger partial charge in [-0.3, -0.25) is 4.79 Å². The molecule has 1 unspecified atom stereocenters. The maximum absolute atomic E-state index is 13.7. The van der Waals surface area contributed by atoms with Gasteiger partial charge < -0.3 is 29.0 Å². The van der Waals surface area contributed by atoms with E-state index in [9.17, 15) is 9.59 Å². The van der Waals surface area contributed by atoms with Gasteiger partial charge in [0.2, 0.25) is 5.91 Å². The van der Waals surface area contributed by atoms with Crippen LogP contribution < -0.4 is 19.5 Å². The summed E-state index contributed by atoms with van der Waals surface area (Å²) in [6.45, 7) is 1.03. The van der Waals surface area contributed by atoms with E-state index in [0.717, 1.165) is 35.1 Å². The summed E-state index contributed by atoms with van der Waals surface area (Å²) >= 11 is 0. The summed E-state index contributed by atoms with van der Waals surface area (Å²) < 4.78 is 29.0. The van der Waals surface area contributed by atoms with Crippen LogP contribution in [0.1, 0.15) is 54.7 Å². The predicted octanol–water partition coefficient (Wildman–Crippen LogP) is 5.82. The molecule has 10 nitrogen and oxygen atoms in total. The van der Waals surface area contributed by atoms with Gasteiger partial charge in [0.05, 0.1) is 32.9 Å². The molecule has 1 saturated heterocycles. The van der Waals surface area contributed by atoms with E-state index in [4.69, 9.17) is 28.5 Å². The SMILES string of the molecule is CNC(=O)CCCOc1cc(OC)c(CN(OC2CCCCO2)C(=O)OCC2c3ccccc3-c3ccccc32)c(OC)c1. The molecule has 1 fully saturated rings. The number of methoxy groups -OCH3 is 2. The first-order valence-corrected chi connectivity index (χ1v) is 15.0. The molecular formula is C34H40N2O8. The van der Waals surface area contributed by atoms with Crippen molar-refractivity contribution in [3.05, 3.63) is 77.4 Å². The van der Waals surface area contributed by atoms with Crippen LogP contribution in [-0.2, 0) is 25.7 Å². The van der Waals surface area contributed by atoms with Crippen LogP contribution in [0.3, 0.4) is 0 Å². The fourth-order valence-corrected chi connectivity index (χ4v) is 5.64. The van der Waals surface area contributed by atoms with Crippen molar-refractivity contribution in [2.75, 3.05) is 41.1 Å². The van der Waals surface area contributed by atoms with Gasteiger partial charge in [-0.2, -0.15) is 5.06 Å². The summed E-state index contributed by atoms with van der Waals surface area (Å²) in [4.78, 5) is 31.3. The second-order valence-corrected chi connectivity index (χ2v) is 10.7. The Labute approximate surface area is 258 Å². The molecule has 1 N–H and O–H groups in total. The third-order valence-electron chi connectivity index (χ3n) is 7.90. The minimum Gasteiger partial charge on any atom is -0.496 e. The van der Waals surface area contributed by atoms with Gasteiger partial charge in [0.1, 0.15) is 23.9 Å². The number of fused-ring (bicyclic) bond motifs is 3. The van der Waals surface area contributed by atoms with Gasteiger partial charge in [-0.1, -0.05) is 48.5 Å². The molecular weight excluding hydrogens is 564 g/mol. The average molecular weight is 605 g/mol. The maximum Gasteiger partial charge on any atom is 0.434 e. The summed E-state index contributed by atoms with van der Waals surface area (Å²) in [6, 6.07) is 19.9. The van der Waals surface area contributed by atoms with Crippen LogP contribution in [0.25, 0.3) is 11.1 Å². The normalized spacial score (nSPS) is 15.6. The Morgan fingerprint density at radius 1 is 0.955 bits per heavy atom. The maximum atomic E-state index is 13.7. The van der Waals surface area contributed by atoms with Crippen molar-refractivity contribution in [1.29, 1.82) is 0 Å².